The summed E-state index contributed by atoms with van der Waals surface area (Å²) >= 11 is 0. The topological polar surface area (TPSA) is 78.9 Å². The number of likely N-dealkylation sites (N-methyl/N-ethyl adjacent to an activating group) is 1. The van der Waals surface area contributed by atoms with Gasteiger partial charge in [0, 0.05) is 25.6 Å². The van der Waals surface area contributed by atoms with Crippen LogP contribution in [-0.2, 0) is 9.53 Å². The molecule has 0 aromatic rings. The second-order valence-corrected chi connectivity index (χ2v) is 6.39. The molecular weight excluding hydrogens is 260 g/mol. The fourth-order valence-corrected chi connectivity index (χ4v) is 2.53. The number of amides is 1. The van der Waals surface area contributed by atoms with Gasteiger partial charge in [-0.15, -0.1) is 0 Å². The molecule has 0 saturated carbocycles. The van der Waals surface area contributed by atoms with E-state index in [9.17, 15) is 9.59 Å². The van der Waals surface area contributed by atoms with Gasteiger partial charge in [0.2, 0.25) is 0 Å². The van der Waals surface area contributed by atoms with Gasteiger partial charge in [0.15, 0.2) is 0 Å². The van der Waals surface area contributed by atoms with E-state index >= 15 is 0 Å². The van der Waals surface area contributed by atoms with Crippen LogP contribution in [0.25, 0.3) is 0 Å². The average Bonchev–Trinajstić information content (AvgIpc) is 2.24. The lowest BCUT2D eigenvalue weighted by Crippen LogP contribution is -2.51. The number of carboxylic acids is 1. The van der Waals surface area contributed by atoms with Gasteiger partial charge >= 0.3 is 12.1 Å². The molecule has 0 aromatic carbocycles. The Labute approximate surface area is 120 Å². The minimum Gasteiger partial charge on any atom is -0.481 e. The summed E-state index contributed by atoms with van der Waals surface area (Å²) in [6, 6.07) is -0.0529. The fourth-order valence-electron chi connectivity index (χ4n) is 2.53. The van der Waals surface area contributed by atoms with Crippen LogP contribution in [0.15, 0.2) is 0 Å². The third-order valence-corrected chi connectivity index (χ3v) is 3.24. The summed E-state index contributed by atoms with van der Waals surface area (Å²) in [4.78, 5) is 24.8. The molecule has 1 fully saturated rings. The molecule has 0 radical (unpaired) electrons. The Morgan fingerprint density at radius 2 is 2.00 bits per heavy atom. The minimum absolute atomic E-state index is 0.0529. The van der Waals surface area contributed by atoms with Crippen molar-refractivity contribution >= 4 is 12.1 Å². The first-order valence-corrected chi connectivity index (χ1v) is 7.13. The number of carbonyl (C=O) groups excluding carboxylic acids is 1. The molecule has 2 atom stereocenters. The number of hydrogen-bond donors (Lipinski definition) is 2. The normalized spacial score (nSPS) is 24.2. The molecule has 1 aliphatic heterocycles. The molecule has 2 N–H and O–H groups in total. The molecule has 0 aromatic heterocycles. The second kappa shape index (κ2) is 6.92. The van der Waals surface area contributed by atoms with Crippen LogP contribution in [0.4, 0.5) is 4.79 Å². The molecular formula is C14H26N2O4. The van der Waals surface area contributed by atoms with Crippen LogP contribution in [0.3, 0.4) is 0 Å². The van der Waals surface area contributed by atoms with Gasteiger partial charge in [0.1, 0.15) is 5.60 Å². The maximum atomic E-state index is 11.8. The number of alkyl carbamates (subject to hydrolysis) is 1. The molecule has 0 bridgehead atoms. The van der Waals surface area contributed by atoms with Crippen molar-refractivity contribution in [2.75, 3.05) is 19.6 Å². The zero-order valence-electron chi connectivity index (χ0n) is 12.8. The second-order valence-electron chi connectivity index (χ2n) is 6.39. The summed E-state index contributed by atoms with van der Waals surface area (Å²) in [5.41, 5.74) is -0.524. The van der Waals surface area contributed by atoms with Gasteiger partial charge in [-0.1, -0.05) is 6.92 Å². The summed E-state index contributed by atoms with van der Waals surface area (Å²) < 4.78 is 5.24. The summed E-state index contributed by atoms with van der Waals surface area (Å²) in [6.45, 7) is 9.86. The third kappa shape index (κ3) is 6.23. The van der Waals surface area contributed by atoms with Crippen LogP contribution in [0.1, 0.15) is 40.5 Å². The van der Waals surface area contributed by atoms with Crippen molar-refractivity contribution in [3.8, 4) is 0 Å². The highest BCUT2D eigenvalue weighted by Crippen LogP contribution is 2.20. The fraction of sp³-hybridized carbons (Fsp3) is 0.857. The molecule has 116 valence electrons. The molecule has 0 aliphatic carbocycles. The highest BCUT2D eigenvalue weighted by molar-refractivity contribution is 5.68. The third-order valence-electron chi connectivity index (χ3n) is 3.24. The summed E-state index contributed by atoms with van der Waals surface area (Å²) in [5.74, 6) is -0.717. The maximum absolute atomic E-state index is 11.8. The first-order valence-electron chi connectivity index (χ1n) is 7.13. The van der Waals surface area contributed by atoms with Gasteiger partial charge in [0.25, 0.3) is 0 Å². The quantitative estimate of drug-likeness (QED) is 0.822. The van der Waals surface area contributed by atoms with Gasteiger partial charge in [-0.05, 0) is 39.7 Å². The van der Waals surface area contributed by atoms with Crippen LogP contribution in [-0.4, -0.2) is 53.3 Å². The molecule has 1 aliphatic rings. The highest BCUT2D eigenvalue weighted by atomic mass is 16.6. The van der Waals surface area contributed by atoms with E-state index in [1.165, 1.54) is 0 Å². The summed E-state index contributed by atoms with van der Waals surface area (Å²) in [6.07, 6.45) is 0.389. The molecule has 6 nitrogen and oxygen atoms in total. The van der Waals surface area contributed by atoms with Crippen molar-refractivity contribution in [1.82, 2.24) is 10.2 Å². The lowest BCUT2D eigenvalue weighted by molar-refractivity contribution is -0.138. The summed E-state index contributed by atoms with van der Waals surface area (Å²) in [5, 5.41) is 11.8. The number of hydrogen-bond acceptors (Lipinski definition) is 4. The Hall–Kier alpha value is -1.30. The Bertz CT molecular complexity index is 352. The zero-order valence-corrected chi connectivity index (χ0v) is 12.8. The maximum Gasteiger partial charge on any atom is 0.407 e. The number of nitrogens with zero attached hydrogens (tertiary/aromatic N) is 1. The predicted molar refractivity (Wildman–Crippen MR) is 75.6 cm³/mol. The predicted octanol–water partition coefficient (Wildman–Crippen LogP) is 1.70. The van der Waals surface area contributed by atoms with Gasteiger partial charge in [-0.2, -0.15) is 0 Å². The molecule has 0 spiro atoms. The minimum atomic E-state index is -0.788. The van der Waals surface area contributed by atoms with Gasteiger partial charge < -0.3 is 20.1 Å². The van der Waals surface area contributed by atoms with Crippen molar-refractivity contribution in [3.63, 3.8) is 0 Å². The van der Waals surface area contributed by atoms with Crippen molar-refractivity contribution in [2.45, 2.75) is 52.2 Å². The van der Waals surface area contributed by atoms with E-state index in [4.69, 9.17) is 9.84 Å². The van der Waals surface area contributed by atoms with Crippen LogP contribution in [0.5, 0.6) is 0 Å². The zero-order chi connectivity index (χ0) is 15.3. The first kappa shape index (κ1) is 16.8. The number of piperidine rings is 1. The van der Waals surface area contributed by atoms with E-state index < -0.39 is 17.7 Å². The highest BCUT2D eigenvalue weighted by Gasteiger charge is 2.29. The van der Waals surface area contributed by atoms with E-state index in [-0.39, 0.29) is 18.4 Å². The van der Waals surface area contributed by atoms with E-state index in [0.717, 1.165) is 19.6 Å². The Morgan fingerprint density at radius 3 is 2.50 bits per heavy atom. The average molecular weight is 286 g/mol. The lowest BCUT2D eigenvalue weighted by atomic mass is 9.91. The Balaban J connectivity index is 2.55. The monoisotopic (exact) mass is 286 g/mol. The van der Waals surface area contributed by atoms with E-state index in [1.807, 2.05) is 27.7 Å². The smallest absolute Gasteiger partial charge is 0.407 e. The number of likely N-dealkylation sites (tertiary alicyclic amines) is 1. The molecule has 1 amide bonds. The van der Waals surface area contributed by atoms with Gasteiger partial charge in [-0.3, -0.25) is 4.79 Å². The molecule has 2 unspecified atom stereocenters. The van der Waals surface area contributed by atoms with E-state index in [0.29, 0.717) is 6.42 Å². The number of nitrogens with one attached hydrogen (secondary N) is 1. The van der Waals surface area contributed by atoms with Gasteiger partial charge in [0.05, 0.1) is 0 Å². The van der Waals surface area contributed by atoms with Crippen LogP contribution in [0, 0.1) is 5.92 Å². The van der Waals surface area contributed by atoms with Crippen molar-refractivity contribution in [1.29, 1.82) is 0 Å². The van der Waals surface area contributed by atoms with Crippen LogP contribution < -0.4 is 5.32 Å². The lowest BCUT2D eigenvalue weighted by Gasteiger charge is -2.37. The Morgan fingerprint density at radius 1 is 1.35 bits per heavy atom. The van der Waals surface area contributed by atoms with Gasteiger partial charge in [-0.25, -0.2) is 4.79 Å². The van der Waals surface area contributed by atoms with E-state index in [2.05, 4.69) is 10.2 Å². The largest absolute Gasteiger partial charge is 0.481 e. The summed E-state index contributed by atoms with van der Waals surface area (Å²) in [7, 11) is 0. The number of carbonyl (C=O) groups is 2. The van der Waals surface area contributed by atoms with Crippen LogP contribution in [0.2, 0.25) is 0 Å². The number of rotatable bonds is 4. The SMILES string of the molecule is CCN1CC(CC(=O)O)CC(NC(=O)OC(C)(C)C)C1. The van der Waals surface area contributed by atoms with Crippen molar-refractivity contribution in [3.05, 3.63) is 0 Å². The molecule has 6 heteroatoms. The standard InChI is InChI=1S/C14H26N2O4/c1-5-16-8-10(7-12(17)18)6-11(9-16)15-13(19)20-14(2,3)4/h10-11H,5-9H2,1-4H3,(H,15,19)(H,17,18). The molecule has 20 heavy (non-hydrogen) atoms. The molecule has 1 saturated heterocycles. The Kier molecular flexibility index (Phi) is 5.80. The first-order chi connectivity index (χ1) is 9.19. The molecule has 1 heterocycles. The van der Waals surface area contributed by atoms with Crippen molar-refractivity contribution < 1.29 is 19.4 Å². The van der Waals surface area contributed by atoms with E-state index in [1.54, 1.807) is 0 Å². The van der Waals surface area contributed by atoms with Crippen molar-refractivity contribution in [2.24, 2.45) is 5.92 Å². The number of ether oxygens (including phenoxy) is 1. The number of aliphatic carboxylic acids is 1. The number of carboxylic acid groups (broad SMARTS) is 1. The molecule has 1 rings (SSSR count). The van der Waals surface area contributed by atoms with Crippen LogP contribution >= 0.6 is 0 Å².